The summed E-state index contributed by atoms with van der Waals surface area (Å²) in [5, 5.41) is 8.07. The normalized spacial score (nSPS) is 9.44. The van der Waals surface area contributed by atoms with Crippen LogP contribution in [-0.2, 0) is 9.53 Å². The highest BCUT2D eigenvalue weighted by atomic mass is 16.5. The number of hydrogen-bond donors (Lipinski definition) is 1. The molecule has 52 valence electrons. The van der Waals surface area contributed by atoms with Gasteiger partial charge in [-0.2, -0.15) is 0 Å². The number of carboxylic acid groups (broad SMARTS) is 1. The van der Waals surface area contributed by atoms with Gasteiger partial charge in [0.05, 0.1) is 26.2 Å². The third kappa shape index (κ3) is 7.39. The van der Waals surface area contributed by atoms with Gasteiger partial charge in [-0.05, 0) is 0 Å². The fraction of sp³-hybridized carbons (Fsp3) is 0.800. The van der Waals surface area contributed by atoms with E-state index in [0.717, 1.165) is 0 Å². The molecule has 0 aromatic carbocycles. The fourth-order valence-electron chi connectivity index (χ4n) is 0.326. The van der Waals surface area contributed by atoms with Crippen LogP contribution >= 0.6 is 0 Å². The molecule has 2 radical (unpaired) electrons. The van der Waals surface area contributed by atoms with Gasteiger partial charge in [-0.3, -0.25) is 4.79 Å². The first kappa shape index (κ1) is 8.39. The lowest BCUT2D eigenvalue weighted by molar-refractivity contribution is -0.138. The molecule has 0 aliphatic heterocycles. The second-order valence-corrected chi connectivity index (χ2v) is 1.48. The lowest BCUT2D eigenvalue weighted by Crippen LogP contribution is -2.06. The average molecular weight is 131 g/mol. The molecule has 0 atom stereocenters. The molecule has 0 aliphatic rings. The minimum Gasteiger partial charge on any atom is -0.481 e. The third-order valence-electron chi connectivity index (χ3n) is 0.696. The van der Waals surface area contributed by atoms with Crippen molar-refractivity contribution in [3.63, 3.8) is 0 Å². The van der Waals surface area contributed by atoms with Crippen molar-refractivity contribution in [3.8, 4) is 0 Å². The zero-order chi connectivity index (χ0) is 7.11. The quantitative estimate of drug-likeness (QED) is 0.513. The van der Waals surface area contributed by atoms with Crippen LogP contribution in [0.2, 0.25) is 0 Å². The predicted octanol–water partition coefficient (Wildman–Crippen LogP) is -0.454. The summed E-state index contributed by atoms with van der Waals surface area (Å²) in [6.45, 7) is 0.336. The number of ether oxygens (including phenoxy) is 1. The molecule has 4 heteroatoms. The maximum absolute atomic E-state index is 9.82. The largest absolute Gasteiger partial charge is 0.481 e. The molecular formula is C5H9NO3. The van der Waals surface area contributed by atoms with E-state index in [1.165, 1.54) is 0 Å². The van der Waals surface area contributed by atoms with Crippen molar-refractivity contribution in [1.82, 2.24) is 5.73 Å². The van der Waals surface area contributed by atoms with Gasteiger partial charge in [0, 0.05) is 0 Å². The van der Waals surface area contributed by atoms with Crippen molar-refractivity contribution in [2.75, 3.05) is 19.8 Å². The van der Waals surface area contributed by atoms with Crippen molar-refractivity contribution < 1.29 is 14.6 Å². The van der Waals surface area contributed by atoms with Crippen LogP contribution in [0.3, 0.4) is 0 Å². The first-order valence-corrected chi connectivity index (χ1v) is 2.67. The van der Waals surface area contributed by atoms with Gasteiger partial charge >= 0.3 is 5.97 Å². The van der Waals surface area contributed by atoms with Gasteiger partial charge in [0.1, 0.15) is 0 Å². The van der Waals surface area contributed by atoms with Gasteiger partial charge < -0.3 is 9.84 Å². The molecule has 9 heavy (non-hydrogen) atoms. The van der Waals surface area contributed by atoms with Crippen molar-refractivity contribution in [1.29, 1.82) is 0 Å². The number of rotatable bonds is 5. The molecule has 0 spiro atoms. The first-order valence-electron chi connectivity index (χ1n) is 2.67. The van der Waals surface area contributed by atoms with Crippen LogP contribution in [0, 0.1) is 0 Å². The molecule has 0 amide bonds. The van der Waals surface area contributed by atoms with E-state index in [-0.39, 0.29) is 26.2 Å². The summed E-state index contributed by atoms with van der Waals surface area (Å²) >= 11 is 0. The molecule has 0 fully saturated rings. The topological polar surface area (TPSA) is 68.8 Å². The molecule has 0 rings (SSSR count). The van der Waals surface area contributed by atoms with Crippen LogP contribution in [0.1, 0.15) is 6.42 Å². The van der Waals surface area contributed by atoms with E-state index in [1.807, 2.05) is 0 Å². The highest BCUT2D eigenvalue weighted by Crippen LogP contribution is 1.80. The predicted molar refractivity (Wildman–Crippen MR) is 30.1 cm³/mol. The molecule has 0 heterocycles. The van der Waals surface area contributed by atoms with E-state index >= 15 is 0 Å². The van der Waals surface area contributed by atoms with Crippen LogP contribution in [0.4, 0.5) is 0 Å². The summed E-state index contributed by atoms with van der Waals surface area (Å²) in [5.41, 5.74) is 8.16. The Morgan fingerprint density at radius 1 is 1.56 bits per heavy atom. The highest BCUT2D eigenvalue weighted by Gasteiger charge is 1.94. The van der Waals surface area contributed by atoms with Crippen molar-refractivity contribution in [2.24, 2.45) is 0 Å². The summed E-state index contributed by atoms with van der Waals surface area (Å²) in [4.78, 5) is 9.82. The first-order chi connectivity index (χ1) is 4.27. The van der Waals surface area contributed by atoms with Gasteiger partial charge in [-0.15, -0.1) is 5.73 Å². The van der Waals surface area contributed by atoms with E-state index in [4.69, 9.17) is 10.8 Å². The summed E-state index contributed by atoms with van der Waals surface area (Å²) in [6, 6.07) is 0. The number of aliphatic carboxylic acids is 1. The smallest absolute Gasteiger partial charge is 0.305 e. The van der Waals surface area contributed by atoms with Crippen LogP contribution in [0.25, 0.3) is 0 Å². The molecule has 0 aliphatic carbocycles. The standard InChI is InChI=1S/C5H9NO3/c6-2-4-9-3-1-5(7)8/h1-4H2,(H,7,8). The number of hydrogen-bond acceptors (Lipinski definition) is 2. The summed E-state index contributed by atoms with van der Waals surface area (Å²) < 4.78 is 4.66. The van der Waals surface area contributed by atoms with Crippen molar-refractivity contribution in [2.45, 2.75) is 6.42 Å². The Labute approximate surface area is 53.6 Å². The zero-order valence-electron chi connectivity index (χ0n) is 5.04. The average Bonchev–Trinajstić information content (AvgIpc) is 1.80. The fourth-order valence-corrected chi connectivity index (χ4v) is 0.326. The number of nitrogens with zero attached hydrogens (tertiary/aromatic N) is 1. The Kier molecular flexibility index (Phi) is 5.15. The zero-order valence-corrected chi connectivity index (χ0v) is 5.04. The molecule has 0 aromatic rings. The molecule has 0 saturated carbocycles. The summed E-state index contributed by atoms with van der Waals surface area (Å²) in [7, 11) is 0. The Hall–Kier alpha value is -0.610. The van der Waals surface area contributed by atoms with Gasteiger partial charge in [0.15, 0.2) is 0 Å². The molecule has 0 aromatic heterocycles. The number of carboxylic acids is 1. The van der Waals surface area contributed by atoms with Gasteiger partial charge in [-0.1, -0.05) is 0 Å². The van der Waals surface area contributed by atoms with Gasteiger partial charge in [0.25, 0.3) is 0 Å². The minimum atomic E-state index is -0.882. The second-order valence-electron chi connectivity index (χ2n) is 1.48. The maximum Gasteiger partial charge on any atom is 0.305 e. The minimum absolute atomic E-state index is 0. The lowest BCUT2D eigenvalue weighted by Gasteiger charge is -1.95. The second kappa shape index (κ2) is 5.53. The maximum atomic E-state index is 9.82. The number of carbonyl (C=O) groups is 1. The van der Waals surface area contributed by atoms with Crippen LogP contribution in [-0.4, -0.2) is 30.8 Å². The summed E-state index contributed by atoms with van der Waals surface area (Å²) in [5.74, 6) is -0.882. The molecule has 0 unspecified atom stereocenters. The van der Waals surface area contributed by atoms with Crippen LogP contribution < -0.4 is 5.73 Å². The Morgan fingerprint density at radius 3 is 2.67 bits per heavy atom. The Bertz CT molecular complexity index is 84.3. The summed E-state index contributed by atoms with van der Waals surface area (Å²) in [6.07, 6.45) is 0. The molecular weight excluding hydrogens is 122 g/mol. The monoisotopic (exact) mass is 131 g/mol. The van der Waals surface area contributed by atoms with Crippen molar-refractivity contribution >= 4 is 5.97 Å². The van der Waals surface area contributed by atoms with Gasteiger partial charge in [-0.25, -0.2) is 0 Å². The van der Waals surface area contributed by atoms with E-state index in [1.54, 1.807) is 0 Å². The molecule has 4 nitrogen and oxygen atoms in total. The molecule has 0 saturated heterocycles. The SMILES string of the molecule is [N]CCOCCC(=O)O. The van der Waals surface area contributed by atoms with E-state index in [2.05, 4.69) is 4.74 Å². The highest BCUT2D eigenvalue weighted by molar-refractivity contribution is 5.66. The van der Waals surface area contributed by atoms with E-state index in [0.29, 0.717) is 0 Å². The third-order valence-corrected chi connectivity index (χ3v) is 0.696. The van der Waals surface area contributed by atoms with E-state index in [9.17, 15) is 4.79 Å². The molecule has 0 bridgehead atoms. The van der Waals surface area contributed by atoms with Crippen molar-refractivity contribution in [3.05, 3.63) is 0 Å². The lowest BCUT2D eigenvalue weighted by atomic mass is 10.5. The Balaban J connectivity index is 2.83. The van der Waals surface area contributed by atoms with Gasteiger partial charge in [0.2, 0.25) is 0 Å². The van der Waals surface area contributed by atoms with Crippen LogP contribution in [0.15, 0.2) is 0 Å². The molecule has 1 N–H and O–H groups in total. The Morgan fingerprint density at radius 2 is 2.22 bits per heavy atom. The van der Waals surface area contributed by atoms with Crippen LogP contribution in [0.5, 0.6) is 0 Å². The van der Waals surface area contributed by atoms with E-state index < -0.39 is 5.97 Å².